The predicted octanol–water partition coefficient (Wildman–Crippen LogP) is 2.65. The summed E-state index contributed by atoms with van der Waals surface area (Å²) < 4.78 is 5.22. The van der Waals surface area contributed by atoms with E-state index in [1.165, 1.54) is 0 Å². The van der Waals surface area contributed by atoms with Crippen LogP contribution in [0.1, 0.15) is 45.7 Å². The minimum atomic E-state index is -0.231. The topological polar surface area (TPSA) is 50.4 Å². The van der Waals surface area contributed by atoms with Gasteiger partial charge in [0.25, 0.3) is 0 Å². The second-order valence-corrected chi connectivity index (χ2v) is 5.20. The number of ether oxygens (including phenoxy) is 1. The minimum absolute atomic E-state index is 0.0362. The highest BCUT2D eigenvalue weighted by Crippen LogP contribution is 2.19. The van der Waals surface area contributed by atoms with Crippen LogP contribution in [0.4, 0.5) is 0 Å². The lowest BCUT2D eigenvalue weighted by molar-refractivity contribution is -0.123. The number of amides is 1. The third-order valence-electron chi connectivity index (χ3n) is 3.49. The molecule has 3 atom stereocenters. The van der Waals surface area contributed by atoms with Crippen LogP contribution in [0.25, 0.3) is 0 Å². The van der Waals surface area contributed by atoms with E-state index in [-0.39, 0.29) is 24.0 Å². The molecule has 0 aliphatic rings. The van der Waals surface area contributed by atoms with Crippen molar-refractivity contribution in [1.29, 1.82) is 0 Å². The fourth-order valence-corrected chi connectivity index (χ4v) is 1.93. The van der Waals surface area contributed by atoms with Gasteiger partial charge in [-0.2, -0.15) is 0 Å². The molecule has 112 valence electrons. The molecule has 0 bridgehead atoms. The van der Waals surface area contributed by atoms with Crippen LogP contribution < -0.4 is 15.4 Å². The zero-order valence-corrected chi connectivity index (χ0v) is 13.1. The molecule has 0 fully saturated rings. The fourth-order valence-electron chi connectivity index (χ4n) is 1.93. The van der Waals surface area contributed by atoms with Gasteiger partial charge in [-0.3, -0.25) is 10.1 Å². The molecule has 1 aromatic rings. The molecule has 1 rings (SSSR count). The van der Waals surface area contributed by atoms with Gasteiger partial charge in [-0.05, 0) is 44.9 Å². The average molecular weight is 278 g/mol. The molecule has 4 nitrogen and oxygen atoms in total. The van der Waals surface area contributed by atoms with E-state index in [9.17, 15) is 4.79 Å². The van der Waals surface area contributed by atoms with Crippen molar-refractivity contribution in [3.05, 3.63) is 29.8 Å². The Morgan fingerprint density at radius 2 is 2.00 bits per heavy atom. The first-order valence-electron chi connectivity index (χ1n) is 7.18. The van der Waals surface area contributed by atoms with Gasteiger partial charge in [0, 0.05) is 12.1 Å². The number of hydrogen-bond acceptors (Lipinski definition) is 3. The molecular formula is C16H26N2O2. The van der Waals surface area contributed by atoms with Crippen molar-refractivity contribution in [2.24, 2.45) is 0 Å². The molecule has 1 aromatic carbocycles. The van der Waals surface area contributed by atoms with Gasteiger partial charge in [0.15, 0.2) is 0 Å². The van der Waals surface area contributed by atoms with E-state index in [1.807, 2.05) is 45.0 Å². The maximum Gasteiger partial charge on any atom is 0.237 e. The number of methoxy groups -OCH3 is 1. The second-order valence-electron chi connectivity index (χ2n) is 5.20. The summed E-state index contributed by atoms with van der Waals surface area (Å²) in [5.74, 6) is 0.863. The highest BCUT2D eigenvalue weighted by molar-refractivity contribution is 5.81. The second kappa shape index (κ2) is 7.90. The van der Waals surface area contributed by atoms with E-state index >= 15 is 0 Å². The van der Waals surface area contributed by atoms with Gasteiger partial charge in [-0.1, -0.05) is 19.1 Å². The summed E-state index contributed by atoms with van der Waals surface area (Å²) in [6, 6.07) is 7.94. The SMILES string of the molecule is CCC(C)NC(=O)C(C)N[C@@H](C)c1cccc(OC)c1. The summed E-state index contributed by atoms with van der Waals surface area (Å²) >= 11 is 0. The summed E-state index contributed by atoms with van der Waals surface area (Å²) in [5.41, 5.74) is 1.10. The Morgan fingerprint density at radius 1 is 1.30 bits per heavy atom. The smallest absolute Gasteiger partial charge is 0.237 e. The highest BCUT2D eigenvalue weighted by Gasteiger charge is 2.17. The largest absolute Gasteiger partial charge is 0.497 e. The third-order valence-corrected chi connectivity index (χ3v) is 3.49. The third kappa shape index (κ3) is 4.85. The van der Waals surface area contributed by atoms with Crippen molar-refractivity contribution in [1.82, 2.24) is 10.6 Å². The Balaban J connectivity index is 2.60. The van der Waals surface area contributed by atoms with Crippen LogP contribution in [0.15, 0.2) is 24.3 Å². The van der Waals surface area contributed by atoms with Crippen LogP contribution in [0, 0.1) is 0 Å². The minimum Gasteiger partial charge on any atom is -0.497 e. The van der Waals surface area contributed by atoms with Crippen molar-refractivity contribution in [3.8, 4) is 5.75 Å². The van der Waals surface area contributed by atoms with E-state index in [2.05, 4.69) is 17.6 Å². The summed E-state index contributed by atoms with van der Waals surface area (Å²) in [5, 5.41) is 6.29. The molecule has 0 saturated carbocycles. The van der Waals surface area contributed by atoms with Crippen LogP contribution in [0.2, 0.25) is 0 Å². The van der Waals surface area contributed by atoms with Gasteiger partial charge < -0.3 is 10.1 Å². The molecule has 0 aromatic heterocycles. The molecule has 4 heteroatoms. The Hall–Kier alpha value is -1.55. The molecule has 0 saturated heterocycles. The normalized spacial score (nSPS) is 15.2. The number of rotatable bonds is 7. The molecule has 0 radical (unpaired) electrons. The van der Waals surface area contributed by atoms with E-state index in [0.29, 0.717) is 0 Å². The Labute approximate surface area is 121 Å². The fraction of sp³-hybridized carbons (Fsp3) is 0.562. The van der Waals surface area contributed by atoms with Crippen LogP contribution >= 0.6 is 0 Å². The number of nitrogens with one attached hydrogen (secondary N) is 2. The van der Waals surface area contributed by atoms with Crippen molar-refractivity contribution < 1.29 is 9.53 Å². The van der Waals surface area contributed by atoms with Gasteiger partial charge in [0.05, 0.1) is 13.2 Å². The first-order valence-corrected chi connectivity index (χ1v) is 7.18. The lowest BCUT2D eigenvalue weighted by Crippen LogP contribution is -2.45. The molecule has 0 aliphatic heterocycles. The van der Waals surface area contributed by atoms with E-state index in [4.69, 9.17) is 4.74 Å². The standard InChI is InChI=1S/C16H26N2O2/c1-6-11(2)17-16(19)13(4)18-12(3)14-8-7-9-15(10-14)20-5/h7-13,18H,6H2,1-5H3,(H,17,19)/t11?,12-,13?/m0/s1. The number of benzene rings is 1. The van der Waals surface area contributed by atoms with Crippen LogP contribution in [0.5, 0.6) is 5.75 Å². The summed E-state index contributed by atoms with van der Waals surface area (Å²) in [6.45, 7) is 7.99. The van der Waals surface area contributed by atoms with Crippen molar-refractivity contribution >= 4 is 5.91 Å². The average Bonchev–Trinajstić information content (AvgIpc) is 2.46. The van der Waals surface area contributed by atoms with E-state index in [0.717, 1.165) is 17.7 Å². The molecule has 0 aliphatic carbocycles. The predicted molar refractivity (Wildman–Crippen MR) is 81.9 cm³/mol. The molecule has 20 heavy (non-hydrogen) atoms. The zero-order chi connectivity index (χ0) is 15.1. The first kappa shape index (κ1) is 16.5. The maximum atomic E-state index is 12.0. The van der Waals surface area contributed by atoms with Gasteiger partial charge in [-0.25, -0.2) is 0 Å². The van der Waals surface area contributed by atoms with Gasteiger partial charge in [-0.15, -0.1) is 0 Å². The lowest BCUT2D eigenvalue weighted by atomic mass is 10.1. The van der Waals surface area contributed by atoms with Gasteiger partial charge in [0.1, 0.15) is 5.75 Å². The van der Waals surface area contributed by atoms with E-state index < -0.39 is 0 Å². The molecule has 2 N–H and O–H groups in total. The van der Waals surface area contributed by atoms with Crippen molar-refractivity contribution in [3.63, 3.8) is 0 Å². The number of carbonyl (C=O) groups is 1. The lowest BCUT2D eigenvalue weighted by Gasteiger charge is -2.22. The van der Waals surface area contributed by atoms with Crippen LogP contribution in [-0.2, 0) is 4.79 Å². The molecule has 0 heterocycles. The summed E-state index contributed by atoms with van der Waals surface area (Å²) in [7, 11) is 1.65. The first-order chi connectivity index (χ1) is 9.47. The Bertz CT molecular complexity index is 434. The molecular weight excluding hydrogens is 252 g/mol. The molecule has 1 amide bonds. The van der Waals surface area contributed by atoms with Crippen LogP contribution in [-0.4, -0.2) is 25.1 Å². The Morgan fingerprint density at radius 3 is 2.60 bits per heavy atom. The number of hydrogen-bond donors (Lipinski definition) is 2. The van der Waals surface area contributed by atoms with Crippen molar-refractivity contribution in [2.75, 3.05) is 7.11 Å². The van der Waals surface area contributed by atoms with Gasteiger partial charge in [0.2, 0.25) is 5.91 Å². The molecule has 0 spiro atoms. The van der Waals surface area contributed by atoms with E-state index in [1.54, 1.807) is 7.11 Å². The maximum absolute atomic E-state index is 12.0. The quantitative estimate of drug-likeness (QED) is 0.806. The number of carbonyl (C=O) groups excluding carboxylic acids is 1. The summed E-state index contributed by atoms with van der Waals surface area (Å²) in [4.78, 5) is 12.0. The zero-order valence-electron chi connectivity index (χ0n) is 13.1. The molecule has 2 unspecified atom stereocenters. The van der Waals surface area contributed by atoms with Crippen molar-refractivity contribution in [2.45, 2.75) is 52.2 Å². The van der Waals surface area contributed by atoms with Crippen LogP contribution in [0.3, 0.4) is 0 Å². The van der Waals surface area contributed by atoms with Gasteiger partial charge >= 0.3 is 0 Å². The summed E-state index contributed by atoms with van der Waals surface area (Å²) in [6.07, 6.45) is 0.934. The monoisotopic (exact) mass is 278 g/mol. The Kier molecular flexibility index (Phi) is 6.52. The highest BCUT2D eigenvalue weighted by atomic mass is 16.5.